The van der Waals surface area contributed by atoms with Gasteiger partial charge in [0, 0.05) is 25.0 Å². The maximum absolute atomic E-state index is 12.5. The number of amides is 4. The van der Waals surface area contributed by atoms with Crippen LogP contribution in [0.1, 0.15) is 51.9 Å². The molecule has 2 aliphatic carbocycles. The number of rotatable bonds is 8. The van der Waals surface area contributed by atoms with Crippen LogP contribution in [0.5, 0.6) is 0 Å². The lowest BCUT2D eigenvalue weighted by Gasteiger charge is -2.42. The van der Waals surface area contributed by atoms with E-state index in [2.05, 4.69) is 10.6 Å². The van der Waals surface area contributed by atoms with Gasteiger partial charge in [0.2, 0.25) is 5.91 Å². The summed E-state index contributed by atoms with van der Waals surface area (Å²) in [5, 5.41) is 14.6. The highest BCUT2D eigenvalue weighted by atomic mass is 16.4. The van der Waals surface area contributed by atoms with Gasteiger partial charge in [0.05, 0.1) is 6.54 Å². The lowest BCUT2D eigenvalue weighted by Crippen LogP contribution is -2.55. The molecule has 1 heterocycles. The molecule has 3 N–H and O–H groups in total. The summed E-state index contributed by atoms with van der Waals surface area (Å²) in [6, 6.07) is -0.204. The van der Waals surface area contributed by atoms with Crippen molar-refractivity contribution in [2.45, 2.75) is 69.5 Å². The molecular formula is C18H28N4O5. The average Bonchev–Trinajstić information content (AvgIpc) is 3.13. The third kappa shape index (κ3) is 4.07. The summed E-state index contributed by atoms with van der Waals surface area (Å²) in [4.78, 5) is 50.7. The Kier molecular flexibility index (Phi) is 5.69. The van der Waals surface area contributed by atoms with Crippen LogP contribution in [0.2, 0.25) is 0 Å². The standard InChI is InChI=1S/C18H28N4O5/c1-2-21(11-15(24)25)13-9-12(10-13)19-14(23)5-8-22-16(26)18(20-17(22)27)6-3-4-7-18/h12-13H,2-11H2,1H3,(H,19,23)(H,20,27)(H,24,25). The predicted molar refractivity (Wildman–Crippen MR) is 95.9 cm³/mol. The van der Waals surface area contributed by atoms with Crippen LogP contribution in [0.3, 0.4) is 0 Å². The maximum atomic E-state index is 12.5. The zero-order chi connectivity index (χ0) is 19.6. The van der Waals surface area contributed by atoms with Crippen molar-refractivity contribution in [2.75, 3.05) is 19.6 Å². The van der Waals surface area contributed by atoms with Crippen molar-refractivity contribution in [2.24, 2.45) is 0 Å². The molecule has 0 unspecified atom stereocenters. The number of carbonyl (C=O) groups excluding carboxylic acids is 3. The lowest BCUT2D eigenvalue weighted by atomic mass is 9.85. The van der Waals surface area contributed by atoms with Crippen LogP contribution in [0, 0.1) is 0 Å². The van der Waals surface area contributed by atoms with Crippen molar-refractivity contribution in [3.63, 3.8) is 0 Å². The highest BCUT2D eigenvalue weighted by Gasteiger charge is 2.52. The van der Waals surface area contributed by atoms with E-state index in [0.717, 1.165) is 25.7 Å². The van der Waals surface area contributed by atoms with E-state index in [-0.39, 0.29) is 43.4 Å². The second kappa shape index (κ2) is 7.84. The SMILES string of the molecule is CCN(CC(=O)O)C1CC(NC(=O)CCN2C(=O)NC3(CCCC3)C2=O)C1. The van der Waals surface area contributed by atoms with Gasteiger partial charge >= 0.3 is 12.0 Å². The number of carboxylic acid groups (broad SMARTS) is 1. The van der Waals surface area contributed by atoms with Crippen LogP contribution in [0.15, 0.2) is 0 Å². The minimum Gasteiger partial charge on any atom is -0.480 e. The van der Waals surface area contributed by atoms with Crippen LogP contribution in [-0.2, 0) is 14.4 Å². The minimum atomic E-state index is -0.849. The summed E-state index contributed by atoms with van der Waals surface area (Å²) in [5.74, 6) is -1.24. The molecule has 150 valence electrons. The number of urea groups is 1. The van der Waals surface area contributed by atoms with Gasteiger partial charge in [0.25, 0.3) is 5.91 Å². The Hall–Kier alpha value is -2.16. The molecule has 4 amide bonds. The second-order valence-corrected chi connectivity index (χ2v) is 7.77. The van der Waals surface area contributed by atoms with Crippen LogP contribution in [0.4, 0.5) is 4.79 Å². The summed E-state index contributed by atoms with van der Waals surface area (Å²) in [5.41, 5.74) is -0.734. The van der Waals surface area contributed by atoms with Crippen molar-refractivity contribution in [1.82, 2.24) is 20.4 Å². The number of aliphatic carboxylic acids is 1. The quantitative estimate of drug-likeness (QED) is 0.521. The van der Waals surface area contributed by atoms with E-state index in [4.69, 9.17) is 5.11 Å². The first-order valence-corrected chi connectivity index (χ1v) is 9.74. The fraction of sp³-hybridized carbons (Fsp3) is 0.778. The van der Waals surface area contributed by atoms with E-state index in [1.165, 1.54) is 4.90 Å². The van der Waals surface area contributed by atoms with Gasteiger partial charge in [-0.3, -0.25) is 24.2 Å². The molecule has 1 aliphatic heterocycles. The van der Waals surface area contributed by atoms with Crippen molar-refractivity contribution in [3.05, 3.63) is 0 Å². The summed E-state index contributed by atoms with van der Waals surface area (Å²) in [6.45, 7) is 2.68. The number of hydrogen-bond acceptors (Lipinski definition) is 5. The zero-order valence-corrected chi connectivity index (χ0v) is 15.7. The molecule has 1 saturated heterocycles. The zero-order valence-electron chi connectivity index (χ0n) is 15.7. The third-order valence-electron chi connectivity index (χ3n) is 6.00. The molecule has 9 nitrogen and oxygen atoms in total. The van der Waals surface area contributed by atoms with Gasteiger partial charge in [-0.1, -0.05) is 19.8 Å². The molecule has 2 saturated carbocycles. The monoisotopic (exact) mass is 380 g/mol. The summed E-state index contributed by atoms with van der Waals surface area (Å²) >= 11 is 0. The Morgan fingerprint density at radius 2 is 1.96 bits per heavy atom. The fourth-order valence-corrected chi connectivity index (χ4v) is 4.39. The number of hydrogen-bond donors (Lipinski definition) is 3. The second-order valence-electron chi connectivity index (χ2n) is 7.77. The molecule has 0 aromatic rings. The molecule has 0 aromatic heterocycles. The van der Waals surface area contributed by atoms with Gasteiger partial charge in [-0.2, -0.15) is 0 Å². The smallest absolute Gasteiger partial charge is 0.325 e. The highest BCUT2D eigenvalue weighted by molar-refractivity contribution is 6.07. The molecule has 3 fully saturated rings. The normalized spacial score (nSPS) is 26.4. The van der Waals surface area contributed by atoms with Crippen LogP contribution < -0.4 is 10.6 Å². The first kappa shape index (κ1) is 19.6. The number of likely N-dealkylation sites (N-methyl/N-ethyl adjacent to an activating group) is 1. The van der Waals surface area contributed by atoms with E-state index in [0.29, 0.717) is 19.4 Å². The van der Waals surface area contributed by atoms with Gasteiger partial charge < -0.3 is 15.7 Å². The molecule has 0 bridgehead atoms. The number of carboxylic acids is 1. The number of imide groups is 1. The molecule has 1 spiro atoms. The van der Waals surface area contributed by atoms with Gasteiger partial charge in [0.1, 0.15) is 5.54 Å². The largest absolute Gasteiger partial charge is 0.480 e. The van der Waals surface area contributed by atoms with E-state index < -0.39 is 17.5 Å². The third-order valence-corrected chi connectivity index (χ3v) is 6.00. The van der Waals surface area contributed by atoms with Crippen molar-refractivity contribution >= 4 is 23.8 Å². The maximum Gasteiger partial charge on any atom is 0.325 e. The number of carbonyl (C=O) groups is 4. The average molecular weight is 380 g/mol. The molecule has 0 atom stereocenters. The number of nitrogens with one attached hydrogen (secondary N) is 2. The van der Waals surface area contributed by atoms with E-state index in [1.54, 1.807) is 0 Å². The molecule has 0 radical (unpaired) electrons. The number of nitrogens with zero attached hydrogens (tertiary/aromatic N) is 2. The van der Waals surface area contributed by atoms with Gasteiger partial charge in [0.15, 0.2) is 0 Å². The van der Waals surface area contributed by atoms with Crippen molar-refractivity contribution < 1.29 is 24.3 Å². The van der Waals surface area contributed by atoms with Gasteiger partial charge in [-0.15, -0.1) is 0 Å². The summed E-state index contributed by atoms with van der Waals surface area (Å²) in [7, 11) is 0. The van der Waals surface area contributed by atoms with Crippen LogP contribution >= 0.6 is 0 Å². The Morgan fingerprint density at radius 1 is 1.30 bits per heavy atom. The Balaban J connectivity index is 1.40. The lowest BCUT2D eigenvalue weighted by molar-refractivity contribution is -0.140. The van der Waals surface area contributed by atoms with E-state index in [9.17, 15) is 19.2 Å². The molecule has 3 rings (SSSR count). The first-order valence-electron chi connectivity index (χ1n) is 9.74. The molecule has 9 heteroatoms. The Morgan fingerprint density at radius 3 is 2.56 bits per heavy atom. The summed E-state index contributed by atoms with van der Waals surface area (Å²) < 4.78 is 0. The molecule has 27 heavy (non-hydrogen) atoms. The Bertz CT molecular complexity index is 625. The van der Waals surface area contributed by atoms with Crippen LogP contribution in [-0.4, -0.2) is 76.0 Å². The van der Waals surface area contributed by atoms with Gasteiger partial charge in [-0.05, 0) is 32.2 Å². The van der Waals surface area contributed by atoms with E-state index in [1.807, 2.05) is 11.8 Å². The molecular weight excluding hydrogens is 352 g/mol. The predicted octanol–water partition coefficient (Wildman–Crippen LogP) is 0.295. The van der Waals surface area contributed by atoms with Crippen LogP contribution in [0.25, 0.3) is 0 Å². The minimum absolute atomic E-state index is 0.00969. The molecule has 0 aromatic carbocycles. The summed E-state index contributed by atoms with van der Waals surface area (Å²) in [6.07, 6.45) is 4.74. The topological polar surface area (TPSA) is 119 Å². The van der Waals surface area contributed by atoms with Crippen molar-refractivity contribution in [1.29, 1.82) is 0 Å². The highest BCUT2D eigenvalue weighted by Crippen LogP contribution is 2.35. The fourth-order valence-electron chi connectivity index (χ4n) is 4.39. The van der Waals surface area contributed by atoms with Gasteiger partial charge in [-0.25, -0.2) is 4.79 Å². The first-order chi connectivity index (χ1) is 12.8. The van der Waals surface area contributed by atoms with Crippen molar-refractivity contribution in [3.8, 4) is 0 Å². The Labute approximate surface area is 158 Å². The van der Waals surface area contributed by atoms with E-state index >= 15 is 0 Å². The molecule has 3 aliphatic rings.